The molecule has 3 aromatic rings. The van der Waals surface area contributed by atoms with Crippen molar-refractivity contribution >= 4 is 17.7 Å². The SMILES string of the molecule is Cc1noc(C)c1CSc1ccccc1C(=O)NCCCn1ccnc1C. The Hall–Kier alpha value is -2.54. The Bertz CT molecular complexity index is 897. The van der Waals surface area contributed by atoms with Crippen LogP contribution >= 0.6 is 11.8 Å². The van der Waals surface area contributed by atoms with Crippen LogP contribution in [-0.4, -0.2) is 27.2 Å². The van der Waals surface area contributed by atoms with Gasteiger partial charge in [-0.05, 0) is 39.3 Å². The monoisotopic (exact) mass is 384 g/mol. The highest BCUT2D eigenvalue weighted by Crippen LogP contribution is 2.28. The topological polar surface area (TPSA) is 73.0 Å². The van der Waals surface area contributed by atoms with Crippen LogP contribution < -0.4 is 5.32 Å². The fourth-order valence-corrected chi connectivity index (χ4v) is 4.03. The summed E-state index contributed by atoms with van der Waals surface area (Å²) in [6.07, 6.45) is 4.61. The molecule has 1 amide bonds. The van der Waals surface area contributed by atoms with Gasteiger partial charge in [0, 0.05) is 41.7 Å². The number of rotatable bonds is 8. The smallest absolute Gasteiger partial charge is 0.252 e. The largest absolute Gasteiger partial charge is 0.361 e. The minimum atomic E-state index is -0.0424. The van der Waals surface area contributed by atoms with Crippen molar-refractivity contribution in [3.63, 3.8) is 0 Å². The Kier molecular flexibility index (Phi) is 6.34. The highest BCUT2D eigenvalue weighted by molar-refractivity contribution is 7.98. The van der Waals surface area contributed by atoms with Gasteiger partial charge in [-0.3, -0.25) is 4.79 Å². The second kappa shape index (κ2) is 8.90. The van der Waals surface area contributed by atoms with Gasteiger partial charge in [0.05, 0.1) is 11.3 Å². The summed E-state index contributed by atoms with van der Waals surface area (Å²) in [5.41, 5.74) is 2.69. The van der Waals surface area contributed by atoms with E-state index in [2.05, 4.69) is 20.0 Å². The molecule has 142 valence electrons. The fourth-order valence-electron chi connectivity index (χ4n) is 2.82. The minimum Gasteiger partial charge on any atom is -0.361 e. The summed E-state index contributed by atoms with van der Waals surface area (Å²) in [5, 5.41) is 7.01. The number of carbonyl (C=O) groups is 1. The average molecular weight is 385 g/mol. The number of amides is 1. The number of nitrogens with one attached hydrogen (secondary N) is 1. The van der Waals surface area contributed by atoms with Gasteiger partial charge in [-0.1, -0.05) is 17.3 Å². The normalized spacial score (nSPS) is 10.9. The van der Waals surface area contributed by atoms with E-state index in [0.29, 0.717) is 12.1 Å². The van der Waals surface area contributed by atoms with E-state index in [1.165, 1.54) is 0 Å². The lowest BCUT2D eigenvalue weighted by Gasteiger charge is -2.10. The van der Waals surface area contributed by atoms with Crippen LogP contribution in [0.2, 0.25) is 0 Å². The first-order chi connectivity index (χ1) is 13.1. The van der Waals surface area contributed by atoms with E-state index in [9.17, 15) is 4.79 Å². The molecule has 7 heteroatoms. The number of thioether (sulfide) groups is 1. The maximum absolute atomic E-state index is 12.6. The van der Waals surface area contributed by atoms with Crippen LogP contribution in [0.5, 0.6) is 0 Å². The molecule has 2 heterocycles. The van der Waals surface area contributed by atoms with Gasteiger partial charge in [0.2, 0.25) is 0 Å². The first-order valence-electron chi connectivity index (χ1n) is 8.95. The van der Waals surface area contributed by atoms with E-state index >= 15 is 0 Å². The molecule has 27 heavy (non-hydrogen) atoms. The van der Waals surface area contributed by atoms with Gasteiger partial charge >= 0.3 is 0 Å². The zero-order valence-corrected chi connectivity index (χ0v) is 16.7. The molecular weight excluding hydrogens is 360 g/mol. The third-order valence-corrected chi connectivity index (χ3v) is 5.57. The second-order valence-electron chi connectivity index (χ2n) is 6.36. The summed E-state index contributed by atoms with van der Waals surface area (Å²) in [6, 6.07) is 7.69. The number of benzene rings is 1. The van der Waals surface area contributed by atoms with Gasteiger partial charge < -0.3 is 14.4 Å². The van der Waals surface area contributed by atoms with Crippen molar-refractivity contribution in [1.82, 2.24) is 20.0 Å². The Morgan fingerprint density at radius 2 is 2.07 bits per heavy atom. The number of aromatic nitrogens is 3. The number of imidazole rings is 1. The summed E-state index contributed by atoms with van der Waals surface area (Å²) in [5.74, 6) is 2.50. The molecular formula is C20H24N4O2S. The zero-order chi connectivity index (χ0) is 19.2. The first kappa shape index (κ1) is 19.2. The summed E-state index contributed by atoms with van der Waals surface area (Å²) in [6.45, 7) is 7.29. The Morgan fingerprint density at radius 3 is 2.78 bits per heavy atom. The van der Waals surface area contributed by atoms with E-state index in [0.717, 1.165) is 46.5 Å². The molecule has 0 aliphatic heterocycles. The second-order valence-corrected chi connectivity index (χ2v) is 7.38. The van der Waals surface area contributed by atoms with Crippen molar-refractivity contribution < 1.29 is 9.32 Å². The zero-order valence-electron chi connectivity index (χ0n) is 15.9. The third-order valence-electron chi connectivity index (χ3n) is 4.47. The number of aryl methyl sites for hydroxylation is 4. The van der Waals surface area contributed by atoms with Crippen molar-refractivity contribution in [2.45, 2.75) is 44.4 Å². The van der Waals surface area contributed by atoms with Gasteiger partial charge in [0.1, 0.15) is 11.6 Å². The molecule has 6 nitrogen and oxygen atoms in total. The molecule has 0 aliphatic rings. The third kappa shape index (κ3) is 4.80. The Labute approximate surface area is 163 Å². The lowest BCUT2D eigenvalue weighted by molar-refractivity contribution is 0.0950. The molecule has 0 saturated carbocycles. The summed E-state index contributed by atoms with van der Waals surface area (Å²) < 4.78 is 7.30. The number of carbonyl (C=O) groups excluding carboxylic acids is 1. The van der Waals surface area contributed by atoms with Crippen LogP contribution in [0.15, 0.2) is 46.1 Å². The summed E-state index contributed by atoms with van der Waals surface area (Å²) in [4.78, 5) is 17.8. The predicted octanol–water partition coefficient (Wildman–Crippen LogP) is 3.91. The van der Waals surface area contributed by atoms with Crippen LogP contribution in [0.1, 0.15) is 39.6 Å². The molecule has 0 unspecified atom stereocenters. The van der Waals surface area contributed by atoms with Crippen LogP contribution in [0, 0.1) is 20.8 Å². The van der Waals surface area contributed by atoms with E-state index in [1.54, 1.807) is 18.0 Å². The molecule has 3 rings (SSSR count). The molecule has 0 bridgehead atoms. The maximum Gasteiger partial charge on any atom is 0.252 e. The van der Waals surface area contributed by atoms with Gasteiger partial charge in [0.25, 0.3) is 5.91 Å². The summed E-state index contributed by atoms with van der Waals surface area (Å²) >= 11 is 1.63. The van der Waals surface area contributed by atoms with E-state index in [4.69, 9.17) is 4.52 Å². The van der Waals surface area contributed by atoms with Crippen molar-refractivity contribution in [2.75, 3.05) is 6.54 Å². The highest BCUT2D eigenvalue weighted by Gasteiger charge is 2.14. The number of hydrogen-bond donors (Lipinski definition) is 1. The van der Waals surface area contributed by atoms with Crippen LogP contribution in [-0.2, 0) is 12.3 Å². The van der Waals surface area contributed by atoms with Crippen molar-refractivity contribution in [1.29, 1.82) is 0 Å². The fraction of sp³-hybridized carbons (Fsp3) is 0.350. The van der Waals surface area contributed by atoms with Gasteiger partial charge in [-0.25, -0.2) is 4.98 Å². The Morgan fingerprint density at radius 1 is 1.26 bits per heavy atom. The quantitative estimate of drug-likeness (QED) is 0.471. The molecule has 0 spiro atoms. The summed E-state index contributed by atoms with van der Waals surface area (Å²) in [7, 11) is 0. The standard InChI is InChI=1S/C20H24N4O2S/c1-14-18(15(2)26-23-14)13-27-19-8-5-4-7-17(19)20(25)22-9-6-11-24-12-10-21-16(24)3/h4-5,7-8,10,12H,6,9,11,13H2,1-3H3,(H,22,25). The molecule has 0 radical (unpaired) electrons. The van der Waals surface area contributed by atoms with Crippen molar-refractivity contribution in [2.24, 2.45) is 0 Å². The molecule has 0 atom stereocenters. The first-order valence-corrected chi connectivity index (χ1v) is 9.94. The van der Waals surface area contributed by atoms with Gasteiger partial charge in [-0.2, -0.15) is 0 Å². The molecule has 1 N–H and O–H groups in total. The minimum absolute atomic E-state index is 0.0424. The van der Waals surface area contributed by atoms with E-state index < -0.39 is 0 Å². The maximum atomic E-state index is 12.6. The molecule has 0 aliphatic carbocycles. The van der Waals surface area contributed by atoms with Crippen LogP contribution in [0.25, 0.3) is 0 Å². The molecule has 0 saturated heterocycles. The van der Waals surface area contributed by atoms with E-state index in [-0.39, 0.29) is 5.91 Å². The molecule has 1 aromatic carbocycles. The predicted molar refractivity (Wildman–Crippen MR) is 106 cm³/mol. The van der Waals surface area contributed by atoms with Crippen LogP contribution in [0.4, 0.5) is 0 Å². The van der Waals surface area contributed by atoms with Crippen molar-refractivity contribution in [3.8, 4) is 0 Å². The Balaban J connectivity index is 1.56. The number of hydrogen-bond acceptors (Lipinski definition) is 5. The molecule has 0 fully saturated rings. The van der Waals surface area contributed by atoms with Crippen LogP contribution in [0.3, 0.4) is 0 Å². The lowest BCUT2D eigenvalue weighted by atomic mass is 10.2. The van der Waals surface area contributed by atoms with Gasteiger partial charge in [-0.15, -0.1) is 11.8 Å². The van der Waals surface area contributed by atoms with Gasteiger partial charge in [0.15, 0.2) is 0 Å². The highest BCUT2D eigenvalue weighted by atomic mass is 32.2. The van der Waals surface area contributed by atoms with E-state index in [1.807, 2.05) is 51.2 Å². The lowest BCUT2D eigenvalue weighted by Crippen LogP contribution is -2.25. The average Bonchev–Trinajstić information content (AvgIpc) is 3.22. The van der Waals surface area contributed by atoms with Crippen molar-refractivity contribution in [3.05, 3.63) is 65.1 Å². The molecule has 2 aromatic heterocycles. The number of nitrogens with zero attached hydrogens (tertiary/aromatic N) is 3.